The summed E-state index contributed by atoms with van der Waals surface area (Å²) in [5.41, 5.74) is -1.26. The minimum absolute atomic E-state index is 0.0896. The maximum absolute atomic E-state index is 13.5. The number of carbonyl (C=O) groups excluding carboxylic acids is 2. The molecule has 2 unspecified atom stereocenters. The van der Waals surface area contributed by atoms with Gasteiger partial charge in [-0.2, -0.15) is 0 Å². The Morgan fingerprint density at radius 1 is 1.34 bits per heavy atom. The summed E-state index contributed by atoms with van der Waals surface area (Å²) in [5, 5.41) is 31.8. The van der Waals surface area contributed by atoms with Crippen LogP contribution in [0.2, 0.25) is 0 Å². The lowest BCUT2D eigenvalue weighted by Gasteiger charge is -2.34. The van der Waals surface area contributed by atoms with Crippen molar-refractivity contribution in [1.29, 1.82) is 0 Å². The molecule has 0 bridgehead atoms. The van der Waals surface area contributed by atoms with Crippen LogP contribution in [-0.4, -0.2) is 80.9 Å². The fraction of sp³-hybridized carbons (Fsp3) is 0.789. The van der Waals surface area contributed by atoms with Crippen molar-refractivity contribution in [1.82, 2.24) is 25.2 Å². The van der Waals surface area contributed by atoms with Crippen LogP contribution in [0.5, 0.6) is 0 Å². The average molecular weight is 409 g/mol. The molecule has 2 saturated heterocycles. The summed E-state index contributed by atoms with van der Waals surface area (Å²) in [7, 11) is 1.51. The summed E-state index contributed by atoms with van der Waals surface area (Å²) in [6.07, 6.45) is 1.88. The van der Waals surface area contributed by atoms with E-state index < -0.39 is 29.2 Å². The van der Waals surface area contributed by atoms with Crippen LogP contribution >= 0.6 is 0 Å². The summed E-state index contributed by atoms with van der Waals surface area (Å²) in [6, 6.07) is -1.47. The van der Waals surface area contributed by atoms with E-state index >= 15 is 0 Å². The summed E-state index contributed by atoms with van der Waals surface area (Å²) in [5.74, 6) is -0.614. The molecule has 3 rings (SSSR count). The zero-order valence-electron chi connectivity index (χ0n) is 17.5. The number of aromatic nitrogens is 3. The van der Waals surface area contributed by atoms with E-state index in [2.05, 4.69) is 15.6 Å². The molecule has 162 valence electrons. The molecular weight excluding hydrogens is 378 g/mol. The molecule has 2 aliphatic rings. The van der Waals surface area contributed by atoms with Crippen LogP contribution in [0.15, 0.2) is 6.20 Å². The maximum atomic E-state index is 13.5. The van der Waals surface area contributed by atoms with Gasteiger partial charge >= 0.3 is 0 Å². The Kier molecular flexibility index (Phi) is 5.98. The molecule has 10 heteroatoms. The highest BCUT2D eigenvalue weighted by Gasteiger charge is 2.45. The fourth-order valence-corrected chi connectivity index (χ4v) is 4.09. The normalized spacial score (nSPS) is 25.7. The van der Waals surface area contributed by atoms with Crippen molar-refractivity contribution in [3.63, 3.8) is 0 Å². The van der Waals surface area contributed by atoms with Crippen molar-refractivity contribution >= 4 is 11.8 Å². The third-order valence-corrected chi connectivity index (χ3v) is 5.74. The minimum Gasteiger partial charge on any atom is -0.391 e. The third kappa shape index (κ3) is 4.29. The van der Waals surface area contributed by atoms with Gasteiger partial charge in [0.15, 0.2) is 0 Å². The van der Waals surface area contributed by atoms with Crippen LogP contribution < -0.4 is 5.32 Å². The monoisotopic (exact) mass is 409 g/mol. The molecule has 0 radical (unpaired) electrons. The number of ether oxygens (including phenoxy) is 1. The second-order valence-corrected chi connectivity index (χ2v) is 9.01. The molecule has 3 heterocycles. The number of rotatable bonds is 4. The second kappa shape index (κ2) is 8.00. The number of nitrogens with one attached hydrogen (secondary N) is 1. The van der Waals surface area contributed by atoms with E-state index in [0.717, 1.165) is 0 Å². The standard InChI is InChI=1S/C19H31N5O5/c1-18(2,3)15(17(27)23-10-12(25)9-13(23)16(26)20-4)24-11-14(21-22-24)19(28)5-7-29-8-6-19/h11-13,15,25,28H,5-10H2,1-4H3,(H,20,26)/t12?,13?,15-/m1/s1. The van der Waals surface area contributed by atoms with E-state index in [4.69, 9.17) is 4.74 Å². The SMILES string of the molecule is CNC(=O)C1CC(O)CN1C(=O)[C@@H](n1cc(C2(O)CCOCC2)nn1)C(C)(C)C. The van der Waals surface area contributed by atoms with Gasteiger partial charge in [-0.05, 0) is 5.41 Å². The molecule has 2 fully saturated rings. The Morgan fingerprint density at radius 2 is 2.00 bits per heavy atom. The molecule has 1 aromatic rings. The van der Waals surface area contributed by atoms with Gasteiger partial charge in [-0.15, -0.1) is 5.10 Å². The number of hydrogen-bond acceptors (Lipinski definition) is 7. The van der Waals surface area contributed by atoms with Gasteiger partial charge in [0.2, 0.25) is 11.8 Å². The number of aliphatic hydroxyl groups excluding tert-OH is 1. The minimum atomic E-state index is -1.13. The van der Waals surface area contributed by atoms with E-state index in [1.165, 1.54) is 16.6 Å². The predicted octanol–water partition coefficient (Wildman–Crippen LogP) is -0.429. The van der Waals surface area contributed by atoms with Gasteiger partial charge in [0.05, 0.1) is 12.3 Å². The Bertz CT molecular complexity index is 752. The van der Waals surface area contributed by atoms with Gasteiger partial charge in [-0.1, -0.05) is 26.0 Å². The number of amides is 2. The molecule has 10 nitrogen and oxygen atoms in total. The largest absolute Gasteiger partial charge is 0.391 e. The highest BCUT2D eigenvalue weighted by Crippen LogP contribution is 2.36. The van der Waals surface area contributed by atoms with Crippen molar-refractivity contribution in [3.8, 4) is 0 Å². The lowest BCUT2D eigenvalue weighted by atomic mass is 9.85. The van der Waals surface area contributed by atoms with Crippen LogP contribution in [0.1, 0.15) is 51.8 Å². The van der Waals surface area contributed by atoms with E-state index in [1.54, 1.807) is 6.20 Å². The quantitative estimate of drug-likeness (QED) is 0.615. The molecule has 0 saturated carbocycles. The van der Waals surface area contributed by atoms with E-state index in [-0.39, 0.29) is 24.8 Å². The Hall–Kier alpha value is -2.04. The van der Waals surface area contributed by atoms with Crippen molar-refractivity contribution in [2.24, 2.45) is 5.41 Å². The molecule has 2 aliphatic heterocycles. The van der Waals surface area contributed by atoms with Gasteiger partial charge in [-0.3, -0.25) is 9.59 Å². The number of hydrogen-bond donors (Lipinski definition) is 3. The molecule has 3 atom stereocenters. The average Bonchev–Trinajstić information content (AvgIpc) is 3.28. The van der Waals surface area contributed by atoms with Crippen LogP contribution in [0.25, 0.3) is 0 Å². The summed E-state index contributed by atoms with van der Waals surface area (Å²) in [6.45, 7) is 6.67. The zero-order valence-corrected chi connectivity index (χ0v) is 17.5. The fourth-order valence-electron chi connectivity index (χ4n) is 4.09. The summed E-state index contributed by atoms with van der Waals surface area (Å²) in [4.78, 5) is 27.2. The molecule has 0 aliphatic carbocycles. The van der Waals surface area contributed by atoms with E-state index in [1.807, 2.05) is 20.8 Å². The van der Waals surface area contributed by atoms with E-state index in [0.29, 0.717) is 31.7 Å². The van der Waals surface area contributed by atoms with Gasteiger partial charge in [0.1, 0.15) is 23.4 Å². The third-order valence-electron chi connectivity index (χ3n) is 5.74. The predicted molar refractivity (Wildman–Crippen MR) is 103 cm³/mol. The number of aliphatic hydroxyl groups is 2. The molecule has 2 amide bonds. The lowest BCUT2D eigenvalue weighted by molar-refractivity contribution is -0.144. The van der Waals surface area contributed by atoms with Crippen LogP contribution in [-0.2, 0) is 19.9 Å². The molecule has 0 aromatic carbocycles. The molecule has 0 spiro atoms. The maximum Gasteiger partial charge on any atom is 0.248 e. The van der Waals surface area contributed by atoms with Gasteiger partial charge in [-0.25, -0.2) is 4.68 Å². The molecule has 29 heavy (non-hydrogen) atoms. The Labute approximate surface area is 170 Å². The number of nitrogens with zero attached hydrogens (tertiary/aromatic N) is 4. The molecule has 1 aromatic heterocycles. The number of β-amino-alcohol motifs (C(OH)–C–C–N with tert-alkyl or cyclic N) is 1. The first-order valence-corrected chi connectivity index (χ1v) is 9.99. The van der Waals surface area contributed by atoms with Crippen molar-refractivity contribution < 1.29 is 24.5 Å². The zero-order chi connectivity index (χ0) is 21.4. The van der Waals surface area contributed by atoms with Crippen molar-refractivity contribution in [3.05, 3.63) is 11.9 Å². The first-order valence-electron chi connectivity index (χ1n) is 9.99. The van der Waals surface area contributed by atoms with Crippen molar-refractivity contribution in [2.75, 3.05) is 26.8 Å². The van der Waals surface area contributed by atoms with Gasteiger partial charge in [0, 0.05) is 46.1 Å². The Balaban J connectivity index is 1.91. The van der Waals surface area contributed by atoms with Crippen molar-refractivity contribution in [2.45, 2.75) is 63.8 Å². The van der Waals surface area contributed by atoms with E-state index in [9.17, 15) is 19.8 Å². The lowest BCUT2D eigenvalue weighted by Crippen LogP contribution is -2.49. The summed E-state index contributed by atoms with van der Waals surface area (Å²) < 4.78 is 6.79. The highest BCUT2D eigenvalue weighted by atomic mass is 16.5. The summed E-state index contributed by atoms with van der Waals surface area (Å²) >= 11 is 0. The van der Waals surface area contributed by atoms with Crippen LogP contribution in [0.4, 0.5) is 0 Å². The highest BCUT2D eigenvalue weighted by molar-refractivity contribution is 5.90. The van der Waals surface area contributed by atoms with Crippen LogP contribution in [0.3, 0.4) is 0 Å². The topological polar surface area (TPSA) is 130 Å². The Morgan fingerprint density at radius 3 is 2.59 bits per heavy atom. The van der Waals surface area contributed by atoms with Gasteiger partial charge < -0.3 is 25.2 Å². The molecular formula is C19H31N5O5. The first-order chi connectivity index (χ1) is 13.6. The number of likely N-dealkylation sites (tertiary alicyclic amines) is 1. The smallest absolute Gasteiger partial charge is 0.248 e. The van der Waals surface area contributed by atoms with Gasteiger partial charge in [0.25, 0.3) is 0 Å². The number of likely N-dealkylation sites (N-methyl/N-ethyl adjacent to an activating group) is 1. The molecule has 3 N–H and O–H groups in total. The second-order valence-electron chi connectivity index (χ2n) is 9.01. The number of carbonyl (C=O) groups is 2. The first kappa shape index (κ1) is 21.7. The van der Waals surface area contributed by atoms with Crippen LogP contribution in [0, 0.1) is 5.41 Å².